The van der Waals surface area contributed by atoms with Gasteiger partial charge in [0.2, 0.25) is 0 Å². The molecule has 0 unspecified atom stereocenters. The molecule has 0 saturated carbocycles. The van der Waals surface area contributed by atoms with Gasteiger partial charge in [0.05, 0.1) is 7.11 Å². The first kappa shape index (κ1) is 15.1. The standard InChI is InChI=1S/C18H19NO2S/c1-21-17-5-4-16-11-19(7-6-15(16)10-17)12-18-9-14(13-22-18)3-2-8-20/h4-5,9-10,13,20H,6-8,11-12H2,1H3. The Hall–Kier alpha value is -1.80. The predicted molar refractivity (Wildman–Crippen MR) is 89.1 cm³/mol. The summed E-state index contributed by atoms with van der Waals surface area (Å²) in [5.41, 5.74) is 3.79. The molecule has 3 rings (SSSR count). The van der Waals surface area contributed by atoms with E-state index in [9.17, 15) is 0 Å². The lowest BCUT2D eigenvalue weighted by atomic mass is 9.99. The highest BCUT2D eigenvalue weighted by Crippen LogP contribution is 2.25. The van der Waals surface area contributed by atoms with Crippen LogP contribution in [0.5, 0.6) is 5.75 Å². The largest absolute Gasteiger partial charge is 0.497 e. The lowest BCUT2D eigenvalue weighted by Gasteiger charge is -2.28. The van der Waals surface area contributed by atoms with E-state index in [2.05, 4.69) is 40.3 Å². The molecule has 3 nitrogen and oxygen atoms in total. The van der Waals surface area contributed by atoms with Crippen LogP contribution in [0, 0.1) is 11.8 Å². The van der Waals surface area contributed by atoms with Gasteiger partial charge in [0.15, 0.2) is 0 Å². The van der Waals surface area contributed by atoms with Crippen LogP contribution in [0.15, 0.2) is 29.6 Å². The van der Waals surface area contributed by atoms with E-state index in [0.29, 0.717) is 0 Å². The Labute approximate surface area is 135 Å². The van der Waals surface area contributed by atoms with Crippen LogP contribution in [0.1, 0.15) is 21.6 Å². The lowest BCUT2D eigenvalue weighted by molar-refractivity contribution is 0.247. The van der Waals surface area contributed by atoms with Crippen LogP contribution in [0.3, 0.4) is 0 Å². The van der Waals surface area contributed by atoms with Crippen LogP contribution in [0.2, 0.25) is 0 Å². The fourth-order valence-corrected chi connectivity index (χ4v) is 3.60. The number of thiophene rings is 1. The second kappa shape index (κ2) is 6.97. The summed E-state index contributed by atoms with van der Waals surface area (Å²) in [4.78, 5) is 3.78. The molecule has 0 amide bonds. The lowest BCUT2D eigenvalue weighted by Crippen LogP contribution is -2.29. The maximum absolute atomic E-state index is 8.74. The Kier molecular flexibility index (Phi) is 4.79. The Morgan fingerprint density at radius 1 is 1.32 bits per heavy atom. The number of aliphatic hydroxyl groups is 1. The number of aliphatic hydroxyl groups excluding tert-OH is 1. The van der Waals surface area contributed by atoms with Crippen molar-refractivity contribution < 1.29 is 9.84 Å². The molecule has 4 heteroatoms. The van der Waals surface area contributed by atoms with Crippen molar-refractivity contribution in [1.82, 2.24) is 4.90 Å². The summed E-state index contributed by atoms with van der Waals surface area (Å²) in [5, 5.41) is 10.8. The van der Waals surface area contributed by atoms with Crippen molar-refractivity contribution in [2.24, 2.45) is 0 Å². The molecule has 22 heavy (non-hydrogen) atoms. The molecule has 0 aliphatic carbocycles. The highest BCUT2D eigenvalue weighted by atomic mass is 32.1. The van der Waals surface area contributed by atoms with Crippen LogP contribution in [-0.2, 0) is 19.5 Å². The fourth-order valence-electron chi connectivity index (χ4n) is 2.74. The zero-order chi connectivity index (χ0) is 15.4. The molecular formula is C18H19NO2S. The number of hydrogen-bond donors (Lipinski definition) is 1. The molecule has 1 aliphatic heterocycles. The van der Waals surface area contributed by atoms with Crippen LogP contribution >= 0.6 is 11.3 Å². The van der Waals surface area contributed by atoms with Gasteiger partial charge in [-0.05, 0) is 35.7 Å². The molecule has 1 aromatic carbocycles. The summed E-state index contributed by atoms with van der Waals surface area (Å²) in [7, 11) is 1.71. The van der Waals surface area contributed by atoms with Crippen molar-refractivity contribution in [3.05, 3.63) is 51.2 Å². The quantitative estimate of drug-likeness (QED) is 0.884. The van der Waals surface area contributed by atoms with E-state index in [1.165, 1.54) is 16.0 Å². The van der Waals surface area contributed by atoms with Gasteiger partial charge in [-0.3, -0.25) is 4.90 Å². The van der Waals surface area contributed by atoms with Crippen LogP contribution in [0.4, 0.5) is 0 Å². The predicted octanol–water partition coefficient (Wildman–Crippen LogP) is 2.66. The Balaban J connectivity index is 1.66. The summed E-state index contributed by atoms with van der Waals surface area (Å²) in [6.07, 6.45) is 1.06. The molecule has 114 valence electrons. The van der Waals surface area contributed by atoms with Gasteiger partial charge in [0.1, 0.15) is 12.4 Å². The van der Waals surface area contributed by atoms with E-state index in [4.69, 9.17) is 9.84 Å². The summed E-state index contributed by atoms with van der Waals surface area (Å²) in [6, 6.07) is 8.49. The normalized spacial score (nSPS) is 14.1. The average molecular weight is 313 g/mol. The number of ether oxygens (including phenoxy) is 1. The topological polar surface area (TPSA) is 32.7 Å². The molecule has 1 N–H and O–H groups in total. The highest BCUT2D eigenvalue weighted by molar-refractivity contribution is 7.10. The molecule has 1 aliphatic rings. The van der Waals surface area contributed by atoms with Gasteiger partial charge in [-0.2, -0.15) is 0 Å². The molecule has 2 heterocycles. The summed E-state index contributed by atoms with van der Waals surface area (Å²) in [6.45, 7) is 2.92. The van der Waals surface area contributed by atoms with Crippen molar-refractivity contribution in [3.63, 3.8) is 0 Å². The zero-order valence-corrected chi connectivity index (χ0v) is 13.4. The van der Waals surface area contributed by atoms with Crippen molar-refractivity contribution >= 4 is 11.3 Å². The molecule has 0 fully saturated rings. The van der Waals surface area contributed by atoms with Crippen molar-refractivity contribution in [2.45, 2.75) is 19.5 Å². The average Bonchev–Trinajstić information content (AvgIpc) is 2.99. The number of methoxy groups -OCH3 is 1. The van der Waals surface area contributed by atoms with Gasteiger partial charge in [0, 0.05) is 35.5 Å². The van der Waals surface area contributed by atoms with E-state index < -0.39 is 0 Å². The maximum atomic E-state index is 8.74. The van der Waals surface area contributed by atoms with Gasteiger partial charge < -0.3 is 9.84 Å². The Morgan fingerprint density at radius 2 is 2.23 bits per heavy atom. The highest BCUT2D eigenvalue weighted by Gasteiger charge is 2.17. The molecule has 1 aromatic heterocycles. The number of fused-ring (bicyclic) bond motifs is 1. The van der Waals surface area contributed by atoms with Gasteiger partial charge in [-0.15, -0.1) is 11.3 Å². The number of hydrogen-bond acceptors (Lipinski definition) is 4. The first-order valence-corrected chi connectivity index (χ1v) is 8.22. The first-order valence-electron chi connectivity index (χ1n) is 7.34. The van der Waals surface area contributed by atoms with Gasteiger partial charge in [0.25, 0.3) is 0 Å². The third kappa shape index (κ3) is 3.50. The van der Waals surface area contributed by atoms with Crippen LogP contribution in [-0.4, -0.2) is 30.3 Å². The zero-order valence-electron chi connectivity index (χ0n) is 12.6. The van der Waals surface area contributed by atoms with Crippen LogP contribution in [0.25, 0.3) is 0 Å². The van der Waals surface area contributed by atoms with E-state index in [0.717, 1.165) is 37.4 Å². The minimum atomic E-state index is -0.0858. The molecule has 2 aromatic rings. The summed E-state index contributed by atoms with van der Waals surface area (Å²) < 4.78 is 5.30. The summed E-state index contributed by atoms with van der Waals surface area (Å²) in [5.74, 6) is 6.59. The van der Waals surface area contributed by atoms with Crippen molar-refractivity contribution in [3.8, 4) is 17.6 Å². The fraction of sp³-hybridized carbons (Fsp3) is 0.333. The second-order valence-corrected chi connectivity index (χ2v) is 6.35. The molecule has 0 saturated heterocycles. The van der Waals surface area contributed by atoms with Gasteiger partial charge in [-0.1, -0.05) is 17.9 Å². The third-order valence-electron chi connectivity index (χ3n) is 3.85. The molecule has 0 radical (unpaired) electrons. The molecule has 0 bridgehead atoms. The van der Waals surface area contributed by atoms with E-state index in [1.807, 2.05) is 6.07 Å². The SMILES string of the molecule is COc1ccc2c(c1)CCN(Cc1cc(C#CCO)cs1)C2. The van der Waals surface area contributed by atoms with Crippen molar-refractivity contribution in [1.29, 1.82) is 0 Å². The smallest absolute Gasteiger partial charge is 0.119 e. The second-order valence-electron chi connectivity index (χ2n) is 5.36. The Morgan fingerprint density at radius 3 is 3.05 bits per heavy atom. The van der Waals surface area contributed by atoms with E-state index in [1.54, 1.807) is 18.4 Å². The van der Waals surface area contributed by atoms with E-state index in [-0.39, 0.29) is 6.61 Å². The monoisotopic (exact) mass is 313 g/mol. The molecule has 0 spiro atoms. The van der Waals surface area contributed by atoms with Crippen LogP contribution < -0.4 is 4.74 Å². The van der Waals surface area contributed by atoms with Gasteiger partial charge in [-0.25, -0.2) is 0 Å². The minimum absolute atomic E-state index is 0.0858. The number of benzene rings is 1. The first-order chi connectivity index (χ1) is 10.8. The van der Waals surface area contributed by atoms with Crippen molar-refractivity contribution in [2.75, 3.05) is 20.3 Å². The number of rotatable bonds is 3. The third-order valence-corrected chi connectivity index (χ3v) is 4.77. The maximum Gasteiger partial charge on any atom is 0.119 e. The molecular weight excluding hydrogens is 294 g/mol. The number of nitrogens with zero attached hydrogens (tertiary/aromatic N) is 1. The van der Waals surface area contributed by atoms with Gasteiger partial charge >= 0.3 is 0 Å². The minimum Gasteiger partial charge on any atom is -0.497 e. The molecule has 0 atom stereocenters. The summed E-state index contributed by atoms with van der Waals surface area (Å²) >= 11 is 1.74. The Bertz CT molecular complexity index is 711. The van der Waals surface area contributed by atoms with E-state index >= 15 is 0 Å².